The molecule has 1 aromatic heterocycles. The van der Waals surface area contributed by atoms with E-state index in [1.807, 2.05) is 0 Å². The molecule has 5 nitrogen and oxygen atoms in total. The zero-order valence-corrected chi connectivity index (χ0v) is 9.44. The molecule has 1 heterocycles. The van der Waals surface area contributed by atoms with Crippen molar-refractivity contribution in [1.82, 2.24) is 10.3 Å². The van der Waals surface area contributed by atoms with Crippen LogP contribution < -0.4 is 5.32 Å². The number of pyridine rings is 1. The molecule has 2 N–H and O–H groups in total. The van der Waals surface area contributed by atoms with E-state index in [1.165, 1.54) is 20.0 Å². The molecule has 1 aromatic rings. The number of hydrogen-bond donors (Lipinski definition) is 2. The van der Waals surface area contributed by atoms with Crippen LogP contribution in [0.25, 0.3) is 0 Å². The lowest BCUT2D eigenvalue weighted by Gasteiger charge is -2.20. The van der Waals surface area contributed by atoms with E-state index in [9.17, 15) is 9.59 Å². The second kappa shape index (κ2) is 4.30. The van der Waals surface area contributed by atoms with E-state index < -0.39 is 17.4 Å². The minimum absolute atomic E-state index is 0.247. The third-order valence-electron chi connectivity index (χ3n) is 2.19. The highest BCUT2D eigenvalue weighted by atomic mass is 16.4. The minimum atomic E-state index is -1.30. The van der Waals surface area contributed by atoms with Crippen LogP contribution >= 0.6 is 0 Å². The molecule has 0 aliphatic heterocycles. The van der Waals surface area contributed by atoms with E-state index >= 15 is 0 Å². The summed E-state index contributed by atoms with van der Waals surface area (Å²) in [6.07, 6.45) is 1.50. The number of nitrogens with zero attached hydrogens (tertiary/aromatic N) is 1. The molecule has 0 saturated carbocycles. The summed E-state index contributed by atoms with van der Waals surface area (Å²) in [5.41, 5.74) is -0.348. The van der Waals surface area contributed by atoms with E-state index in [0.29, 0.717) is 5.56 Å². The van der Waals surface area contributed by atoms with Gasteiger partial charge in [0.15, 0.2) is 0 Å². The van der Waals surface area contributed by atoms with Crippen molar-refractivity contribution < 1.29 is 14.7 Å². The lowest BCUT2D eigenvalue weighted by Crippen LogP contribution is -2.50. The predicted octanol–water partition coefficient (Wildman–Crippen LogP) is 0.983. The molecule has 0 atom stereocenters. The van der Waals surface area contributed by atoms with Gasteiger partial charge in [-0.1, -0.05) is 6.07 Å². The van der Waals surface area contributed by atoms with Gasteiger partial charge in [-0.05, 0) is 32.4 Å². The average molecular weight is 222 g/mol. The summed E-state index contributed by atoms with van der Waals surface area (Å²) in [7, 11) is 0. The number of carbonyl (C=O) groups is 2. The van der Waals surface area contributed by atoms with Crippen molar-refractivity contribution in [2.24, 2.45) is 0 Å². The maximum Gasteiger partial charge on any atom is 0.328 e. The van der Waals surface area contributed by atoms with Crippen LogP contribution in [0.5, 0.6) is 0 Å². The number of hydrogen-bond acceptors (Lipinski definition) is 3. The Morgan fingerprint density at radius 3 is 2.56 bits per heavy atom. The molecule has 0 aliphatic rings. The van der Waals surface area contributed by atoms with Crippen LogP contribution in [0.15, 0.2) is 18.3 Å². The maximum atomic E-state index is 11.7. The molecule has 0 saturated heterocycles. The summed E-state index contributed by atoms with van der Waals surface area (Å²) < 4.78 is 0. The van der Waals surface area contributed by atoms with E-state index in [-0.39, 0.29) is 5.69 Å². The average Bonchev–Trinajstić information content (AvgIpc) is 2.17. The molecular formula is C11H14N2O3. The fourth-order valence-electron chi connectivity index (χ4n) is 1.12. The zero-order chi connectivity index (χ0) is 12.3. The number of rotatable bonds is 3. The standard InChI is InChI=1S/C11H14N2O3/c1-7-5-4-6-12-8(7)9(14)13-11(2,3)10(15)16/h4-6H,1-3H3,(H,13,14)(H,15,16). The Hall–Kier alpha value is -1.91. The second-order valence-corrected chi connectivity index (χ2v) is 4.05. The number of aliphatic carboxylic acids is 1. The van der Waals surface area contributed by atoms with E-state index in [2.05, 4.69) is 10.3 Å². The largest absolute Gasteiger partial charge is 0.480 e. The molecule has 0 unspecified atom stereocenters. The van der Waals surface area contributed by atoms with Gasteiger partial charge in [0.05, 0.1) is 0 Å². The zero-order valence-electron chi connectivity index (χ0n) is 9.44. The Morgan fingerprint density at radius 1 is 1.44 bits per heavy atom. The first kappa shape index (κ1) is 12.2. The highest BCUT2D eigenvalue weighted by Gasteiger charge is 2.30. The van der Waals surface area contributed by atoms with Crippen LogP contribution in [0.4, 0.5) is 0 Å². The molecule has 1 amide bonds. The summed E-state index contributed by atoms with van der Waals surface area (Å²) in [5.74, 6) is -1.57. The topological polar surface area (TPSA) is 79.3 Å². The highest BCUT2D eigenvalue weighted by molar-refractivity contribution is 5.97. The van der Waals surface area contributed by atoms with Crippen LogP contribution in [-0.4, -0.2) is 27.5 Å². The number of nitrogens with one attached hydrogen (secondary N) is 1. The summed E-state index contributed by atoms with van der Waals surface area (Å²) in [4.78, 5) is 26.5. The maximum absolute atomic E-state index is 11.7. The minimum Gasteiger partial charge on any atom is -0.480 e. The smallest absolute Gasteiger partial charge is 0.328 e. The number of carboxylic acids is 1. The molecule has 0 radical (unpaired) electrons. The molecule has 0 fully saturated rings. The third-order valence-corrected chi connectivity index (χ3v) is 2.19. The van der Waals surface area contributed by atoms with Gasteiger partial charge in [0, 0.05) is 6.20 Å². The third kappa shape index (κ3) is 2.56. The molecule has 0 spiro atoms. The first-order valence-electron chi connectivity index (χ1n) is 4.82. The number of aromatic nitrogens is 1. The van der Waals surface area contributed by atoms with E-state index in [1.54, 1.807) is 19.1 Å². The van der Waals surface area contributed by atoms with Crippen molar-refractivity contribution in [3.63, 3.8) is 0 Å². The van der Waals surface area contributed by atoms with Gasteiger partial charge >= 0.3 is 5.97 Å². The van der Waals surface area contributed by atoms with Gasteiger partial charge in [0.25, 0.3) is 5.91 Å². The highest BCUT2D eigenvalue weighted by Crippen LogP contribution is 2.07. The van der Waals surface area contributed by atoms with Gasteiger partial charge in [-0.2, -0.15) is 0 Å². The molecule has 0 aromatic carbocycles. The van der Waals surface area contributed by atoms with Gasteiger partial charge < -0.3 is 10.4 Å². The van der Waals surface area contributed by atoms with Crippen LogP contribution in [-0.2, 0) is 4.79 Å². The first-order valence-corrected chi connectivity index (χ1v) is 4.82. The Bertz CT molecular complexity index is 427. The molecule has 1 rings (SSSR count). The van der Waals surface area contributed by atoms with Crippen LogP contribution in [0, 0.1) is 6.92 Å². The number of carbonyl (C=O) groups excluding carboxylic acids is 1. The van der Waals surface area contributed by atoms with Crippen molar-refractivity contribution in [2.75, 3.05) is 0 Å². The molecular weight excluding hydrogens is 208 g/mol. The molecule has 5 heteroatoms. The van der Waals surface area contributed by atoms with Gasteiger partial charge in [-0.25, -0.2) is 4.79 Å². The van der Waals surface area contributed by atoms with Crippen molar-refractivity contribution in [3.8, 4) is 0 Å². The van der Waals surface area contributed by atoms with E-state index in [0.717, 1.165) is 0 Å². The monoisotopic (exact) mass is 222 g/mol. The number of carboxylic acid groups (broad SMARTS) is 1. The Balaban J connectivity index is 2.89. The summed E-state index contributed by atoms with van der Waals surface area (Å²) in [6, 6.07) is 3.46. The normalized spacial score (nSPS) is 10.9. The second-order valence-electron chi connectivity index (χ2n) is 4.05. The van der Waals surface area contributed by atoms with Crippen molar-refractivity contribution in [3.05, 3.63) is 29.6 Å². The number of amides is 1. The van der Waals surface area contributed by atoms with Crippen LogP contribution in [0.3, 0.4) is 0 Å². The summed E-state index contributed by atoms with van der Waals surface area (Å²) in [5, 5.41) is 11.3. The summed E-state index contributed by atoms with van der Waals surface area (Å²) >= 11 is 0. The van der Waals surface area contributed by atoms with Gasteiger partial charge in [-0.15, -0.1) is 0 Å². The lowest BCUT2D eigenvalue weighted by atomic mass is 10.1. The quantitative estimate of drug-likeness (QED) is 0.799. The number of aryl methyl sites for hydroxylation is 1. The van der Waals surface area contributed by atoms with Crippen molar-refractivity contribution in [2.45, 2.75) is 26.3 Å². The Labute approximate surface area is 93.5 Å². The summed E-state index contributed by atoms with van der Waals surface area (Å²) in [6.45, 7) is 4.59. The SMILES string of the molecule is Cc1cccnc1C(=O)NC(C)(C)C(=O)O. The van der Waals surface area contributed by atoms with Crippen molar-refractivity contribution >= 4 is 11.9 Å². The van der Waals surface area contributed by atoms with Crippen molar-refractivity contribution in [1.29, 1.82) is 0 Å². The fraction of sp³-hybridized carbons (Fsp3) is 0.364. The Morgan fingerprint density at radius 2 is 2.06 bits per heavy atom. The molecule has 86 valence electrons. The van der Waals surface area contributed by atoms with Crippen LogP contribution in [0.2, 0.25) is 0 Å². The van der Waals surface area contributed by atoms with Gasteiger partial charge in [0.1, 0.15) is 11.2 Å². The van der Waals surface area contributed by atoms with Gasteiger partial charge in [0.2, 0.25) is 0 Å². The lowest BCUT2D eigenvalue weighted by molar-refractivity contribution is -0.143. The Kier molecular flexibility index (Phi) is 3.27. The molecule has 16 heavy (non-hydrogen) atoms. The van der Waals surface area contributed by atoms with Crippen LogP contribution in [0.1, 0.15) is 29.9 Å². The molecule has 0 aliphatic carbocycles. The predicted molar refractivity (Wildman–Crippen MR) is 58.2 cm³/mol. The van der Waals surface area contributed by atoms with E-state index in [4.69, 9.17) is 5.11 Å². The molecule has 0 bridgehead atoms. The van der Waals surface area contributed by atoms with Gasteiger partial charge in [-0.3, -0.25) is 9.78 Å². The fourth-order valence-corrected chi connectivity index (χ4v) is 1.12. The first-order chi connectivity index (χ1) is 7.34.